The van der Waals surface area contributed by atoms with Crippen molar-refractivity contribution in [1.29, 1.82) is 0 Å². The molecule has 0 spiro atoms. The van der Waals surface area contributed by atoms with Crippen LogP contribution in [0.4, 0.5) is 4.79 Å². The van der Waals surface area contributed by atoms with Crippen LogP contribution >= 0.6 is 0 Å². The van der Waals surface area contributed by atoms with Crippen LogP contribution in [0.5, 0.6) is 0 Å². The second-order valence-corrected chi connectivity index (χ2v) is 5.94. The van der Waals surface area contributed by atoms with E-state index in [1.54, 1.807) is 0 Å². The number of aromatic nitrogens is 1. The lowest BCUT2D eigenvalue weighted by Crippen LogP contribution is -2.52. The third kappa shape index (κ3) is 4.20. The summed E-state index contributed by atoms with van der Waals surface area (Å²) in [7, 11) is 0. The molecule has 2 aromatic carbocycles. The summed E-state index contributed by atoms with van der Waals surface area (Å²) in [4.78, 5) is 27.4. The lowest BCUT2D eigenvalue weighted by Gasteiger charge is -2.17. The van der Waals surface area contributed by atoms with Gasteiger partial charge in [0.2, 0.25) is 0 Å². The fourth-order valence-electron chi connectivity index (χ4n) is 2.82. The number of hydrogen-bond donors (Lipinski definition) is 5. The Balaban J connectivity index is 1.66. The van der Waals surface area contributed by atoms with Gasteiger partial charge in [-0.15, -0.1) is 0 Å². The number of nitrogens with two attached hydrogens (primary N) is 1. The number of hydrogen-bond acceptors (Lipinski definition) is 3. The lowest BCUT2D eigenvalue weighted by molar-refractivity contribution is -0.122. The molecule has 0 unspecified atom stereocenters. The van der Waals surface area contributed by atoms with Gasteiger partial charge < -0.3 is 15.6 Å². The van der Waals surface area contributed by atoms with Crippen LogP contribution < -0.4 is 21.9 Å². The molecule has 7 nitrogen and oxygen atoms in total. The Kier molecular flexibility index (Phi) is 5.50. The van der Waals surface area contributed by atoms with Crippen LogP contribution in [-0.2, 0) is 17.8 Å². The molecule has 3 amide bonds. The molecule has 134 valence electrons. The molecule has 1 aromatic heterocycles. The largest absolute Gasteiger partial charge is 0.361 e. The number of nitrogens with one attached hydrogen (secondary N) is 4. The van der Waals surface area contributed by atoms with Gasteiger partial charge in [-0.3, -0.25) is 10.2 Å². The number of aromatic amines is 1. The minimum atomic E-state index is -0.782. The molecule has 0 aliphatic rings. The number of rotatable bonds is 6. The van der Waals surface area contributed by atoms with Crippen LogP contribution in [0.1, 0.15) is 11.1 Å². The van der Waals surface area contributed by atoms with Crippen molar-refractivity contribution >= 4 is 22.8 Å². The number of H-pyrrole nitrogens is 1. The van der Waals surface area contributed by atoms with Crippen LogP contribution in [0, 0.1) is 0 Å². The number of carbonyl (C=O) groups excluding carboxylic acids is 2. The van der Waals surface area contributed by atoms with Crippen LogP contribution in [0.2, 0.25) is 0 Å². The molecule has 0 fully saturated rings. The first-order valence-electron chi connectivity index (χ1n) is 8.31. The average molecular weight is 351 g/mol. The Morgan fingerprint density at radius 2 is 1.77 bits per heavy atom. The summed E-state index contributed by atoms with van der Waals surface area (Å²) in [6.07, 6.45) is 2.16. The Hall–Kier alpha value is -3.32. The number of urea groups is 1. The molecule has 3 rings (SSSR count). The first-order valence-corrected chi connectivity index (χ1v) is 8.31. The Bertz CT molecular complexity index is 891. The van der Waals surface area contributed by atoms with Crippen molar-refractivity contribution < 1.29 is 9.59 Å². The van der Waals surface area contributed by atoms with Crippen LogP contribution in [0.3, 0.4) is 0 Å². The number of benzene rings is 2. The molecule has 7 heteroatoms. The standard InChI is InChI=1S/C19H21N5O2/c20-24-18(25)17(10-14-12-21-16-9-5-4-8-15(14)16)23-19(26)22-11-13-6-2-1-3-7-13/h1-9,12,17,21H,10-11,20H2,(H,24,25)(H2,22,23,26)/t17-/m0/s1. The maximum absolute atomic E-state index is 12.2. The highest BCUT2D eigenvalue weighted by Crippen LogP contribution is 2.19. The molecular weight excluding hydrogens is 330 g/mol. The third-order valence-electron chi connectivity index (χ3n) is 4.16. The fraction of sp³-hybridized carbons (Fsp3) is 0.158. The highest BCUT2D eigenvalue weighted by atomic mass is 16.2. The molecule has 0 aliphatic carbocycles. The number of fused-ring (bicyclic) bond motifs is 1. The van der Waals surface area contributed by atoms with Gasteiger partial charge in [0.1, 0.15) is 6.04 Å². The molecule has 0 saturated heterocycles. The van der Waals surface area contributed by atoms with E-state index >= 15 is 0 Å². The van der Waals surface area contributed by atoms with E-state index in [9.17, 15) is 9.59 Å². The van der Waals surface area contributed by atoms with Gasteiger partial charge >= 0.3 is 6.03 Å². The number of hydrazine groups is 1. The van der Waals surface area contributed by atoms with Crippen LogP contribution in [-0.4, -0.2) is 23.0 Å². The maximum atomic E-state index is 12.2. The Morgan fingerprint density at radius 3 is 2.54 bits per heavy atom. The van der Waals surface area contributed by atoms with Gasteiger partial charge in [0.25, 0.3) is 5.91 Å². The zero-order valence-corrected chi connectivity index (χ0v) is 14.2. The van der Waals surface area contributed by atoms with E-state index < -0.39 is 18.0 Å². The zero-order chi connectivity index (χ0) is 18.4. The molecule has 0 aliphatic heterocycles. The number of carbonyl (C=O) groups is 2. The molecule has 0 bridgehead atoms. The second kappa shape index (κ2) is 8.17. The van der Waals surface area contributed by atoms with Crippen molar-refractivity contribution in [2.24, 2.45) is 5.84 Å². The van der Waals surface area contributed by atoms with Crippen LogP contribution in [0.25, 0.3) is 10.9 Å². The van der Waals surface area contributed by atoms with E-state index in [4.69, 9.17) is 5.84 Å². The highest BCUT2D eigenvalue weighted by molar-refractivity contribution is 5.88. The third-order valence-corrected chi connectivity index (χ3v) is 4.16. The molecule has 6 N–H and O–H groups in total. The van der Waals surface area contributed by atoms with Gasteiger partial charge in [-0.1, -0.05) is 48.5 Å². The molecule has 0 radical (unpaired) electrons. The summed E-state index contributed by atoms with van der Waals surface area (Å²) in [5, 5.41) is 6.44. The predicted octanol–water partition coefficient (Wildman–Crippen LogP) is 1.57. The predicted molar refractivity (Wildman–Crippen MR) is 99.9 cm³/mol. The Morgan fingerprint density at radius 1 is 1.04 bits per heavy atom. The zero-order valence-electron chi connectivity index (χ0n) is 14.2. The van der Waals surface area contributed by atoms with Gasteiger partial charge in [0.05, 0.1) is 0 Å². The van der Waals surface area contributed by atoms with Crippen molar-refractivity contribution in [3.8, 4) is 0 Å². The normalized spacial score (nSPS) is 11.7. The maximum Gasteiger partial charge on any atom is 0.315 e. The Labute approximate surface area is 150 Å². The van der Waals surface area contributed by atoms with Crippen molar-refractivity contribution in [1.82, 2.24) is 21.0 Å². The number of para-hydroxylation sites is 1. The lowest BCUT2D eigenvalue weighted by atomic mass is 10.0. The van der Waals surface area contributed by atoms with E-state index in [0.717, 1.165) is 22.0 Å². The van der Waals surface area contributed by atoms with E-state index in [1.165, 1.54) is 0 Å². The van der Waals surface area contributed by atoms with Crippen molar-refractivity contribution in [2.75, 3.05) is 0 Å². The molecule has 1 heterocycles. The fourth-order valence-corrected chi connectivity index (χ4v) is 2.82. The number of amides is 3. The van der Waals surface area contributed by atoms with Crippen molar-refractivity contribution in [3.05, 3.63) is 71.9 Å². The summed E-state index contributed by atoms with van der Waals surface area (Å²) in [5.74, 6) is 4.82. The quantitative estimate of drug-likeness (QED) is 0.264. The molecular formula is C19H21N5O2. The SMILES string of the molecule is NNC(=O)[C@H](Cc1c[nH]c2ccccc12)NC(=O)NCc1ccccc1. The van der Waals surface area contributed by atoms with Crippen molar-refractivity contribution in [2.45, 2.75) is 19.0 Å². The topological polar surface area (TPSA) is 112 Å². The molecule has 3 aromatic rings. The molecule has 26 heavy (non-hydrogen) atoms. The first-order chi connectivity index (χ1) is 12.7. The van der Waals surface area contributed by atoms with E-state index in [0.29, 0.717) is 13.0 Å². The summed E-state index contributed by atoms with van der Waals surface area (Å²) in [6, 6.07) is 16.1. The second-order valence-electron chi connectivity index (χ2n) is 5.94. The van der Waals surface area contributed by atoms with Gasteiger partial charge in [0, 0.05) is 30.1 Å². The van der Waals surface area contributed by atoms with Gasteiger partial charge in [-0.25, -0.2) is 10.6 Å². The van der Waals surface area contributed by atoms with E-state index in [1.807, 2.05) is 60.8 Å². The average Bonchev–Trinajstić information content (AvgIpc) is 3.09. The first kappa shape index (κ1) is 17.5. The van der Waals surface area contributed by atoms with Gasteiger partial charge in [-0.2, -0.15) is 0 Å². The summed E-state index contributed by atoms with van der Waals surface area (Å²) < 4.78 is 0. The summed E-state index contributed by atoms with van der Waals surface area (Å²) in [5.41, 5.74) is 4.99. The summed E-state index contributed by atoms with van der Waals surface area (Å²) >= 11 is 0. The smallest absolute Gasteiger partial charge is 0.315 e. The van der Waals surface area contributed by atoms with Gasteiger partial charge in [-0.05, 0) is 17.2 Å². The van der Waals surface area contributed by atoms with Crippen molar-refractivity contribution in [3.63, 3.8) is 0 Å². The molecule has 1 atom stereocenters. The van der Waals surface area contributed by atoms with E-state index in [-0.39, 0.29) is 0 Å². The van der Waals surface area contributed by atoms with Crippen LogP contribution in [0.15, 0.2) is 60.8 Å². The minimum absolute atomic E-state index is 0.325. The summed E-state index contributed by atoms with van der Waals surface area (Å²) in [6.45, 7) is 0.372. The van der Waals surface area contributed by atoms with E-state index in [2.05, 4.69) is 21.0 Å². The van der Waals surface area contributed by atoms with Gasteiger partial charge in [0.15, 0.2) is 0 Å². The highest BCUT2D eigenvalue weighted by Gasteiger charge is 2.21. The molecule has 0 saturated carbocycles. The minimum Gasteiger partial charge on any atom is -0.361 e. The monoisotopic (exact) mass is 351 g/mol.